The highest BCUT2D eigenvalue weighted by Gasteiger charge is 2.14. The van der Waals surface area contributed by atoms with Gasteiger partial charge in [-0.25, -0.2) is 0 Å². The van der Waals surface area contributed by atoms with Crippen molar-refractivity contribution in [3.8, 4) is 12.3 Å². The van der Waals surface area contributed by atoms with Crippen LogP contribution < -0.4 is 10.6 Å². The summed E-state index contributed by atoms with van der Waals surface area (Å²) in [6.45, 7) is 6.48. The lowest BCUT2D eigenvalue weighted by Crippen LogP contribution is -2.46. The maximum atomic E-state index is 11.4. The van der Waals surface area contributed by atoms with Crippen molar-refractivity contribution >= 4 is 5.91 Å². The molecule has 80 valence electrons. The minimum atomic E-state index is -0.173. The molecule has 0 aromatic rings. The van der Waals surface area contributed by atoms with Gasteiger partial charge in [0.15, 0.2) is 0 Å². The van der Waals surface area contributed by atoms with Crippen LogP contribution in [0.2, 0.25) is 0 Å². The van der Waals surface area contributed by atoms with Gasteiger partial charge in [0.1, 0.15) is 0 Å². The predicted molar refractivity (Wildman–Crippen MR) is 58.8 cm³/mol. The van der Waals surface area contributed by atoms with Crippen molar-refractivity contribution in [3.05, 3.63) is 0 Å². The summed E-state index contributed by atoms with van der Waals surface area (Å²) >= 11 is 0. The van der Waals surface area contributed by atoms with Crippen LogP contribution >= 0.6 is 0 Å². The van der Waals surface area contributed by atoms with E-state index in [1.807, 2.05) is 13.8 Å². The quantitative estimate of drug-likeness (QED) is 0.620. The van der Waals surface area contributed by atoms with Gasteiger partial charge in [-0.1, -0.05) is 6.92 Å². The van der Waals surface area contributed by atoms with Crippen molar-refractivity contribution in [1.82, 2.24) is 10.6 Å². The van der Waals surface area contributed by atoms with Crippen LogP contribution in [0.4, 0.5) is 0 Å². The van der Waals surface area contributed by atoms with Crippen LogP contribution in [0.1, 0.15) is 33.6 Å². The summed E-state index contributed by atoms with van der Waals surface area (Å²) in [5.74, 6) is 2.63. The molecule has 14 heavy (non-hydrogen) atoms. The van der Waals surface area contributed by atoms with Crippen LogP contribution in [-0.2, 0) is 4.79 Å². The molecule has 0 aromatic heterocycles. The average Bonchev–Trinajstić information content (AvgIpc) is 2.17. The summed E-state index contributed by atoms with van der Waals surface area (Å²) in [5.41, 5.74) is 0. The lowest BCUT2D eigenvalue weighted by molar-refractivity contribution is -0.122. The lowest BCUT2D eigenvalue weighted by Gasteiger charge is -2.19. The van der Waals surface area contributed by atoms with Crippen LogP contribution in [0.25, 0.3) is 0 Å². The largest absolute Gasteiger partial charge is 0.355 e. The number of likely N-dealkylation sites (N-methyl/N-ethyl adjacent to an activating group) is 1. The fraction of sp³-hybridized carbons (Fsp3) is 0.727. The van der Waals surface area contributed by atoms with Crippen molar-refractivity contribution in [2.24, 2.45) is 0 Å². The van der Waals surface area contributed by atoms with Gasteiger partial charge >= 0.3 is 0 Å². The number of hydrogen-bond donors (Lipinski definition) is 2. The highest BCUT2D eigenvalue weighted by atomic mass is 16.2. The van der Waals surface area contributed by atoms with Crippen molar-refractivity contribution in [2.45, 2.75) is 45.7 Å². The number of rotatable bonds is 6. The number of carbonyl (C=O) groups excluding carboxylic acids is 1. The second-order valence-corrected chi connectivity index (χ2v) is 3.30. The number of terminal acetylenes is 1. The molecule has 0 bridgehead atoms. The first kappa shape index (κ1) is 13.0. The van der Waals surface area contributed by atoms with Crippen molar-refractivity contribution < 1.29 is 4.79 Å². The second-order valence-electron chi connectivity index (χ2n) is 3.30. The highest BCUT2D eigenvalue weighted by molar-refractivity contribution is 5.81. The van der Waals surface area contributed by atoms with E-state index in [1.165, 1.54) is 0 Å². The minimum absolute atomic E-state index is 0.0305. The van der Waals surface area contributed by atoms with Gasteiger partial charge in [-0.15, -0.1) is 12.3 Å². The number of hydrogen-bond acceptors (Lipinski definition) is 2. The first-order valence-electron chi connectivity index (χ1n) is 5.12. The average molecular weight is 196 g/mol. The second kappa shape index (κ2) is 7.40. The Hall–Kier alpha value is -1.01. The van der Waals surface area contributed by atoms with Gasteiger partial charge in [0.2, 0.25) is 5.91 Å². The van der Waals surface area contributed by atoms with Crippen molar-refractivity contribution in [3.63, 3.8) is 0 Å². The van der Waals surface area contributed by atoms with Gasteiger partial charge < -0.3 is 10.6 Å². The molecule has 2 unspecified atom stereocenters. The Morgan fingerprint density at radius 2 is 2.14 bits per heavy atom. The fourth-order valence-corrected chi connectivity index (χ4v) is 1.22. The van der Waals surface area contributed by atoms with Gasteiger partial charge in [0.25, 0.3) is 0 Å². The Morgan fingerprint density at radius 1 is 1.50 bits per heavy atom. The first-order chi connectivity index (χ1) is 6.65. The molecule has 2 atom stereocenters. The third-order valence-electron chi connectivity index (χ3n) is 2.09. The van der Waals surface area contributed by atoms with Crippen LogP contribution in [-0.4, -0.2) is 24.5 Å². The Morgan fingerprint density at radius 3 is 2.57 bits per heavy atom. The van der Waals surface area contributed by atoms with E-state index in [-0.39, 0.29) is 18.0 Å². The summed E-state index contributed by atoms with van der Waals surface area (Å²) in [4.78, 5) is 11.4. The normalized spacial score (nSPS) is 14.1. The minimum Gasteiger partial charge on any atom is -0.355 e. The van der Waals surface area contributed by atoms with E-state index in [1.54, 1.807) is 0 Å². The zero-order valence-electron chi connectivity index (χ0n) is 9.26. The van der Waals surface area contributed by atoms with Crippen LogP contribution in [0.3, 0.4) is 0 Å². The number of amides is 1. The highest BCUT2D eigenvalue weighted by Crippen LogP contribution is 1.98. The molecule has 3 nitrogen and oxygen atoms in total. The molecule has 0 saturated heterocycles. The maximum Gasteiger partial charge on any atom is 0.236 e. The van der Waals surface area contributed by atoms with Gasteiger partial charge in [0, 0.05) is 19.0 Å². The lowest BCUT2D eigenvalue weighted by atomic mass is 10.1. The smallest absolute Gasteiger partial charge is 0.236 e. The van der Waals surface area contributed by atoms with E-state index in [0.717, 1.165) is 6.42 Å². The van der Waals surface area contributed by atoms with E-state index in [2.05, 4.69) is 23.5 Å². The Balaban J connectivity index is 3.95. The monoisotopic (exact) mass is 196 g/mol. The summed E-state index contributed by atoms with van der Waals surface area (Å²) in [6.07, 6.45) is 6.83. The summed E-state index contributed by atoms with van der Waals surface area (Å²) in [5, 5.41) is 5.96. The molecule has 0 radical (unpaired) electrons. The summed E-state index contributed by atoms with van der Waals surface area (Å²) in [7, 11) is 0. The fourth-order valence-electron chi connectivity index (χ4n) is 1.22. The van der Waals surface area contributed by atoms with Gasteiger partial charge in [0.05, 0.1) is 6.04 Å². The third-order valence-corrected chi connectivity index (χ3v) is 2.09. The summed E-state index contributed by atoms with van der Waals surface area (Å²) in [6, 6.07) is 0.0610. The first-order valence-corrected chi connectivity index (χ1v) is 5.12. The van der Waals surface area contributed by atoms with Crippen molar-refractivity contribution in [1.29, 1.82) is 0 Å². The third kappa shape index (κ3) is 4.88. The Bertz CT molecular complexity index is 208. The molecule has 0 heterocycles. The molecule has 0 saturated carbocycles. The SMILES string of the molecule is C#CCC(CC)NC(C)C(=O)NCC. The molecule has 0 spiro atoms. The van der Waals surface area contributed by atoms with E-state index in [4.69, 9.17) is 6.42 Å². The Labute approximate surface area is 86.6 Å². The molecule has 3 heteroatoms. The number of nitrogens with one attached hydrogen (secondary N) is 2. The van der Waals surface area contributed by atoms with Crippen molar-refractivity contribution in [2.75, 3.05) is 6.54 Å². The van der Waals surface area contributed by atoms with Crippen LogP contribution in [0, 0.1) is 12.3 Å². The zero-order valence-corrected chi connectivity index (χ0v) is 9.26. The Kier molecular flexibility index (Phi) is 6.87. The molecule has 0 aliphatic rings. The molecule has 0 rings (SSSR count). The molecular weight excluding hydrogens is 176 g/mol. The zero-order chi connectivity index (χ0) is 11.0. The molecule has 0 aliphatic carbocycles. The summed E-state index contributed by atoms with van der Waals surface area (Å²) < 4.78 is 0. The van der Waals surface area contributed by atoms with E-state index < -0.39 is 0 Å². The number of carbonyl (C=O) groups is 1. The van der Waals surface area contributed by atoms with Gasteiger partial charge in [-0.3, -0.25) is 4.79 Å². The molecule has 0 aliphatic heterocycles. The molecule has 0 aromatic carbocycles. The van der Waals surface area contributed by atoms with E-state index in [0.29, 0.717) is 13.0 Å². The predicted octanol–water partition coefficient (Wildman–Crippen LogP) is 0.902. The van der Waals surface area contributed by atoms with Crippen LogP contribution in [0.5, 0.6) is 0 Å². The molecule has 2 N–H and O–H groups in total. The maximum absolute atomic E-state index is 11.4. The molecule has 1 amide bonds. The van der Waals surface area contributed by atoms with Gasteiger partial charge in [-0.2, -0.15) is 0 Å². The molecular formula is C11H20N2O. The van der Waals surface area contributed by atoms with Crippen LogP contribution in [0.15, 0.2) is 0 Å². The topological polar surface area (TPSA) is 41.1 Å². The van der Waals surface area contributed by atoms with Gasteiger partial charge in [-0.05, 0) is 20.3 Å². The van der Waals surface area contributed by atoms with E-state index >= 15 is 0 Å². The standard InChI is InChI=1S/C11H20N2O/c1-5-8-10(6-2)13-9(4)11(14)12-7-3/h1,9-10,13H,6-8H2,2-4H3,(H,12,14). The molecule has 0 fully saturated rings. The van der Waals surface area contributed by atoms with E-state index in [9.17, 15) is 4.79 Å².